The third-order valence-electron chi connectivity index (χ3n) is 7.82. The highest BCUT2D eigenvalue weighted by molar-refractivity contribution is 5.79. The number of anilines is 3. The summed E-state index contributed by atoms with van der Waals surface area (Å²) in [6.07, 6.45) is 13.0. The number of ether oxygens (including phenoxy) is 2. The molecule has 0 radical (unpaired) electrons. The summed E-state index contributed by atoms with van der Waals surface area (Å²) in [7, 11) is 0. The van der Waals surface area contributed by atoms with Gasteiger partial charge in [-0.2, -0.15) is 0 Å². The van der Waals surface area contributed by atoms with E-state index >= 15 is 0 Å². The third-order valence-corrected chi connectivity index (χ3v) is 7.82. The van der Waals surface area contributed by atoms with E-state index in [1.165, 1.54) is 5.56 Å². The number of unbranched alkanes of at least 4 members (excludes halogenated alkanes) is 2. The zero-order valence-corrected chi connectivity index (χ0v) is 27.4. The van der Waals surface area contributed by atoms with E-state index in [-0.39, 0.29) is 0 Å². The van der Waals surface area contributed by atoms with Crippen molar-refractivity contribution in [3.05, 3.63) is 149 Å². The first-order valence-corrected chi connectivity index (χ1v) is 16.5. The Balaban J connectivity index is 1.28. The van der Waals surface area contributed by atoms with Gasteiger partial charge in [0.25, 0.3) is 0 Å². The van der Waals surface area contributed by atoms with Crippen molar-refractivity contribution in [1.82, 2.24) is 0 Å². The van der Waals surface area contributed by atoms with Gasteiger partial charge in [-0.05, 0) is 103 Å². The Morgan fingerprint density at radius 1 is 0.435 bits per heavy atom. The summed E-state index contributed by atoms with van der Waals surface area (Å²) < 4.78 is 11.6. The van der Waals surface area contributed by atoms with Crippen LogP contribution in [0.4, 0.5) is 17.1 Å². The van der Waals surface area contributed by atoms with Crippen molar-refractivity contribution < 1.29 is 9.47 Å². The molecule has 0 bridgehead atoms. The molecular weight excluding hydrogens is 562 g/mol. The molecule has 0 spiro atoms. The lowest BCUT2D eigenvalue weighted by Crippen LogP contribution is -2.09. The Kier molecular flexibility index (Phi) is 11.9. The van der Waals surface area contributed by atoms with Crippen molar-refractivity contribution in [2.75, 3.05) is 18.1 Å². The van der Waals surface area contributed by atoms with Gasteiger partial charge >= 0.3 is 0 Å². The average molecular weight is 608 g/mol. The maximum absolute atomic E-state index is 5.80. The Labute approximate surface area is 275 Å². The zero-order chi connectivity index (χ0) is 32.0. The molecule has 0 N–H and O–H groups in total. The quantitative estimate of drug-likeness (QED) is 0.0873. The number of hydrogen-bond acceptors (Lipinski definition) is 3. The van der Waals surface area contributed by atoms with Crippen LogP contribution < -0.4 is 14.4 Å². The molecule has 0 unspecified atom stereocenters. The van der Waals surface area contributed by atoms with E-state index in [9.17, 15) is 0 Å². The van der Waals surface area contributed by atoms with E-state index in [0.29, 0.717) is 0 Å². The molecule has 0 aliphatic rings. The van der Waals surface area contributed by atoms with Gasteiger partial charge in [0.05, 0.1) is 13.2 Å². The van der Waals surface area contributed by atoms with Gasteiger partial charge < -0.3 is 14.4 Å². The van der Waals surface area contributed by atoms with E-state index in [2.05, 4.69) is 147 Å². The van der Waals surface area contributed by atoms with Crippen molar-refractivity contribution in [3.8, 4) is 11.5 Å². The van der Waals surface area contributed by atoms with Gasteiger partial charge in [0.1, 0.15) is 11.5 Å². The van der Waals surface area contributed by atoms with Crippen LogP contribution in [0.3, 0.4) is 0 Å². The summed E-state index contributed by atoms with van der Waals surface area (Å²) in [5, 5.41) is 0. The second-order valence-electron chi connectivity index (χ2n) is 11.6. The molecule has 234 valence electrons. The van der Waals surface area contributed by atoms with Crippen LogP contribution in [-0.4, -0.2) is 13.2 Å². The van der Waals surface area contributed by atoms with Crippen LogP contribution in [-0.2, 0) is 0 Å². The lowest BCUT2D eigenvalue weighted by atomic mass is 10.1. The Morgan fingerprint density at radius 2 is 0.739 bits per heavy atom. The number of benzene rings is 5. The fourth-order valence-electron chi connectivity index (χ4n) is 5.01. The largest absolute Gasteiger partial charge is 0.494 e. The molecular formula is C43H45NO2. The molecule has 0 aromatic heterocycles. The van der Waals surface area contributed by atoms with Crippen molar-refractivity contribution in [2.24, 2.45) is 0 Å². The van der Waals surface area contributed by atoms with E-state index in [1.807, 2.05) is 24.3 Å². The normalized spacial score (nSPS) is 11.3. The summed E-state index contributed by atoms with van der Waals surface area (Å²) >= 11 is 0. The molecule has 5 aromatic rings. The molecule has 0 amide bonds. The maximum atomic E-state index is 5.80. The molecule has 46 heavy (non-hydrogen) atoms. The minimum absolute atomic E-state index is 0.767. The molecule has 0 fully saturated rings. The first-order chi connectivity index (χ1) is 22.6. The maximum Gasteiger partial charge on any atom is 0.119 e. The van der Waals surface area contributed by atoms with Crippen molar-refractivity contribution in [2.45, 2.75) is 46.5 Å². The van der Waals surface area contributed by atoms with Gasteiger partial charge in [0.15, 0.2) is 0 Å². The SMILES string of the molecule is CCCCOc1ccc(/C=C/c2ccc(N(c3ccc(C)cc3)c3ccc(/C=C/c4ccc(OCCCC)cc4)cc3)cc2)cc1. The monoisotopic (exact) mass is 607 g/mol. The fourth-order valence-corrected chi connectivity index (χ4v) is 5.01. The highest BCUT2D eigenvalue weighted by Crippen LogP contribution is 2.35. The lowest BCUT2D eigenvalue weighted by Gasteiger charge is -2.26. The summed E-state index contributed by atoms with van der Waals surface area (Å²) in [5.41, 5.74) is 9.18. The first kappa shape index (κ1) is 32.4. The van der Waals surface area contributed by atoms with Crippen LogP contribution in [0, 0.1) is 6.92 Å². The fraction of sp³-hybridized carbons (Fsp3) is 0.209. The van der Waals surface area contributed by atoms with Gasteiger partial charge in [0.2, 0.25) is 0 Å². The molecule has 0 saturated heterocycles. The number of nitrogens with zero attached hydrogens (tertiary/aromatic N) is 1. The summed E-state index contributed by atoms with van der Waals surface area (Å²) in [4.78, 5) is 2.30. The molecule has 3 nitrogen and oxygen atoms in total. The second-order valence-corrected chi connectivity index (χ2v) is 11.6. The smallest absolute Gasteiger partial charge is 0.119 e. The van der Waals surface area contributed by atoms with Gasteiger partial charge in [0, 0.05) is 17.1 Å². The molecule has 0 aliphatic heterocycles. The van der Waals surface area contributed by atoms with Crippen LogP contribution in [0.2, 0.25) is 0 Å². The van der Waals surface area contributed by atoms with E-state index in [4.69, 9.17) is 9.47 Å². The zero-order valence-electron chi connectivity index (χ0n) is 27.4. The van der Waals surface area contributed by atoms with Crippen molar-refractivity contribution in [3.63, 3.8) is 0 Å². The molecule has 0 atom stereocenters. The van der Waals surface area contributed by atoms with Crippen LogP contribution in [0.15, 0.2) is 121 Å². The molecule has 0 heterocycles. The third kappa shape index (κ3) is 9.49. The van der Waals surface area contributed by atoms with Crippen LogP contribution in [0.5, 0.6) is 11.5 Å². The Bertz CT molecular complexity index is 1560. The lowest BCUT2D eigenvalue weighted by molar-refractivity contribution is 0.309. The molecule has 0 saturated carbocycles. The van der Waals surface area contributed by atoms with E-state index in [0.717, 1.165) is 89.7 Å². The average Bonchev–Trinajstić information content (AvgIpc) is 3.10. The van der Waals surface area contributed by atoms with Crippen LogP contribution in [0.1, 0.15) is 67.3 Å². The number of hydrogen-bond donors (Lipinski definition) is 0. The van der Waals surface area contributed by atoms with Crippen LogP contribution in [0.25, 0.3) is 24.3 Å². The predicted molar refractivity (Wildman–Crippen MR) is 197 cm³/mol. The van der Waals surface area contributed by atoms with Gasteiger partial charge in [-0.25, -0.2) is 0 Å². The van der Waals surface area contributed by atoms with Crippen molar-refractivity contribution >= 4 is 41.4 Å². The molecule has 3 heteroatoms. The summed E-state index contributed by atoms with van der Waals surface area (Å²) in [5.74, 6) is 1.85. The highest BCUT2D eigenvalue weighted by Gasteiger charge is 2.12. The first-order valence-electron chi connectivity index (χ1n) is 16.5. The number of aryl methyl sites for hydroxylation is 1. The van der Waals surface area contributed by atoms with Crippen LogP contribution >= 0.6 is 0 Å². The second kappa shape index (κ2) is 16.9. The predicted octanol–water partition coefficient (Wildman–Crippen LogP) is 12.2. The standard InChI is InChI=1S/C43H45NO2/c1-4-6-32-45-42-28-18-37(19-29-42)12-10-35-14-24-40(25-15-35)44(39-22-8-34(3)9-23-39)41-26-16-36(17-27-41)11-13-38-20-30-43(31-21-38)46-33-7-5-2/h8-31H,4-7,32-33H2,1-3H3/b12-10+,13-11+. The van der Waals surface area contributed by atoms with Crippen molar-refractivity contribution in [1.29, 1.82) is 0 Å². The minimum atomic E-state index is 0.767. The van der Waals surface area contributed by atoms with Gasteiger partial charge in [-0.3, -0.25) is 0 Å². The Morgan fingerprint density at radius 3 is 1.07 bits per heavy atom. The topological polar surface area (TPSA) is 21.7 Å². The van der Waals surface area contributed by atoms with E-state index in [1.54, 1.807) is 0 Å². The minimum Gasteiger partial charge on any atom is -0.494 e. The molecule has 5 rings (SSSR count). The highest BCUT2D eigenvalue weighted by atomic mass is 16.5. The summed E-state index contributed by atoms with van der Waals surface area (Å²) in [6, 6.07) is 42.7. The molecule has 0 aliphatic carbocycles. The van der Waals surface area contributed by atoms with Gasteiger partial charge in [-0.1, -0.05) is 117 Å². The summed E-state index contributed by atoms with van der Waals surface area (Å²) in [6.45, 7) is 8.00. The van der Waals surface area contributed by atoms with Gasteiger partial charge in [-0.15, -0.1) is 0 Å². The van der Waals surface area contributed by atoms with E-state index < -0.39 is 0 Å². The number of rotatable bonds is 15. The Hall–Kier alpha value is -5.02. The molecule has 5 aromatic carbocycles.